The molecule has 6 nitrogen and oxygen atoms in total. The average Bonchev–Trinajstić information content (AvgIpc) is 2.96. The molecule has 2 heterocycles. The van der Waals surface area contributed by atoms with E-state index in [0.29, 0.717) is 25.6 Å². The first kappa shape index (κ1) is 24.7. The largest absolute Gasteiger partial charge is 0.355 e. The van der Waals surface area contributed by atoms with Gasteiger partial charge in [0.05, 0.1) is 0 Å². The normalized spacial score (nSPS) is 17.6. The SMILES string of the molecule is Cc1cc(/C=C(/C#N)C(=O)N2CCCC(CNC(=O)C(C)(C)C)C2)c(C)n1CC(C)C. The van der Waals surface area contributed by atoms with Crippen LogP contribution in [0.2, 0.25) is 0 Å². The van der Waals surface area contributed by atoms with Crippen molar-refractivity contribution in [2.75, 3.05) is 19.6 Å². The maximum Gasteiger partial charge on any atom is 0.264 e. The average molecular weight is 427 g/mol. The summed E-state index contributed by atoms with van der Waals surface area (Å²) in [7, 11) is 0. The zero-order valence-corrected chi connectivity index (χ0v) is 20.2. The minimum Gasteiger partial charge on any atom is -0.355 e. The summed E-state index contributed by atoms with van der Waals surface area (Å²) in [4.78, 5) is 27.0. The Kier molecular flexibility index (Phi) is 8.11. The van der Waals surface area contributed by atoms with Crippen LogP contribution in [-0.4, -0.2) is 40.9 Å². The van der Waals surface area contributed by atoms with Crippen molar-refractivity contribution in [3.63, 3.8) is 0 Å². The van der Waals surface area contributed by atoms with Gasteiger partial charge in [-0.25, -0.2) is 0 Å². The Bertz CT molecular complexity index is 881. The highest BCUT2D eigenvalue weighted by atomic mass is 16.2. The number of rotatable bonds is 6. The minimum atomic E-state index is -0.428. The molecule has 1 aliphatic rings. The van der Waals surface area contributed by atoms with Crippen LogP contribution in [0.5, 0.6) is 0 Å². The van der Waals surface area contributed by atoms with E-state index in [1.807, 2.05) is 33.8 Å². The predicted molar refractivity (Wildman–Crippen MR) is 124 cm³/mol. The number of carbonyl (C=O) groups is 2. The predicted octanol–water partition coefficient (Wildman–Crippen LogP) is 4.07. The van der Waals surface area contributed by atoms with Crippen molar-refractivity contribution in [1.82, 2.24) is 14.8 Å². The standard InChI is InChI=1S/C25H38N4O2/c1-17(2)15-29-18(3)11-21(19(29)4)12-22(13-26)23(30)28-10-8-9-20(16-28)14-27-24(31)25(5,6)7/h11-12,17,20H,8-10,14-16H2,1-7H3,(H,27,31)/b22-12-. The zero-order valence-electron chi connectivity index (χ0n) is 20.2. The molecule has 1 aliphatic heterocycles. The van der Waals surface area contributed by atoms with Gasteiger partial charge in [0.25, 0.3) is 5.91 Å². The lowest BCUT2D eigenvalue weighted by Gasteiger charge is -2.33. The summed E-state index contributed by atoms with van der Waals surface area (Å²) in [5.74, 6) is 0.524. The van der Waals surface area contributed by atoms with Crippen LogP contribution in [-0.2, 0) is 16.1 Å². The van der Waals surface area contributed by atoms with Gasteiger partial charge in [-0.1, -0.05) is 34.6 Å². The lowest BCUT2D eigenvalue weighted by molar-refractivity contribution is -0.129. The molecule has 0 aromatic carbocycles. The number of nitrogens with zero attached hydrogens (tertiary/aromatic N) is 3. The summed E-state index contributed by atoms with van der Waals surface area (Å²) in [6, 6.07) is 4.17. The van der Waals surface area contributed by atoms with Crippen LogP contribution in [0.3, 0.4) is 0 Å². The van der Waals surface area contributed by atoms with Gasteiger partial charge in [0, 0.05) is 43.0 Å². The van der Waals surface area contributed by atoms with Gasteiger partial charge in [0.1, 0.15) is 11.6 Å². The van der Waals surface area contributed by atoms with E-state index in [4.69, 9.17) is 0 Å². The third-order valence-corrected chi connectivity index (χ3v) is 5.85. The Morgan fingerprint density at radius 3 is 2.58 bits per heavy atom. The number of carbonyl (C=O) groups excluding carboxylic acids is 2. The first-order valence-electron chi connectivity index (χ1n) is 11.3. The van der Waals surface area contributed by atoms with Gasteiger partial charge in [-0.05, 0) is 56.2 Å². The highest BCUT2D eigenvalue weighted by Gasteiger charge is 2.28. The van der Waals surface area contributed by atoms with E-state index in [9.17, 15) is 14.9 Å². The van der Waals surface area contributed by atoms with E-state index in [0.717, 1.165) is 36.3 Å². The number of nitriles is 1. The Hall–Kier alpha value is -2.55. The third-order valence-electron chi connectivity index (χ3n) is 5.85. The molecule has 0 spiro atoms. The molecule has 31 heavy (non-hydrogen) atoms. The summed E-state index contributed by atoms with van der Waals surface area (Å²) in [5, 5.41) is 12.7. The molecular weight excluding hydrogens is 388 g/mol. The first-order chi connectivity index (χ1) is 14.4. The van der Waals surface area contributed by atoms with E-state index >= 15 is 0 Å². The van der Waals surface area contributed by atoms with Gasteiger partial charge in [-0.15, -0.1) is 0 Å². The molecular formula is C25H38N4O2. The molecule has 170 valence electrons. The summed E-state index contributed by atoms with van der Waals surface area (Å²) >= 11 is 0. The van der Waals surface area contributed by atoms with Crippen molar-refractivity contribution < 1.29 is 9.59 Å². The molecule has 1 atom stereocenters. The molecule has 1 aromatic rings. The molecule has 2 amide bonds. The minimum absolute atomic E-state index is 0.0188. The molecule has 6 heteroatoms. The second-order valence-electron chi connectivity index (χ2n) is 10.2. The van der Waals surface area contributed by atoms with Crippen LogP contribution in [0.1, 0.15) is 64.4 Å². The zero-order chi connectivity index (χ0) is 23.3. The number of piperidine rings is 1. The van der Waals surface area contributed by atoms with Crippen molar-refractivity contribution in [1.29, 1.82) is 5.26 Å². The maximum atomic E-state index is 13.1. The molecule has 0 aliphatic carbocycles. The number of likely N-dealkylation sites (tertiary alicyclic amines) is 1. The Morgan fingerprint density at radius 1 is 1.32 bits per heavy atom. The van der Waals surface area contributed by atoms with Gasteiger partial charge >= 0.3 is 0 Å². The van der Waals surface area contributed by atoms with Gasteiger partial charge < -0.3 is 14.8 Å². The Balaban J connectivity index is 2.12. The van der Waals surface area contributed by atoms with Gasteiger partial charge in [0.2, 0.25) is 5.91 Å². The fourth-order valence-electron chi connectivity index (χ4n) is 4.01. The van der Waals surface area contributed by atoms with Crippen LogP contribution in [0, 0.1) is 42.4 Å². The Morgan fingerprint density at radius 2 is 2.00 bits per heavy atom. The maximum absolute atomic E-state index is 13.1. The van der Waals surface area contributed by atoms with Crippen LogP contribution in [0.15, 0.2) is 11.6 Å². The smallest absolute Gasteiger partial charge is 0.264 e. The first-order valence-corrected chi connectivity index (χ1v) is 11.3. The lowest BCUT2D eigenvalue weighted by atomic mass is 9.93. The highest BCUT2D eigenvalue weighted by Crippen LogP contribution is 2.23. The Labute approximate surface area is 187 Å². The molecule has 2 rings (SSSR count). The number of aromatic nitrogens is 1. The van der Waals surface area contributed by atoms with Crippen molar-refractivity contribution in [2.24, 2.45) is 17.3 Å². The highest BCUT2D eigenvalue weighted by molar-refractivity contribution is 6.01. The number of aryl methyl sites for hydroxylation is 1. The second-order valence-corrected chi connectivity index (χ2v) is 10.2. The summed E-state index contributed by atoms with van der Waals surface area (Å²) in [6.45, 7) is 16.8. The van der Waals surface area contributed by atoms with Crippen LogP contribution in [0.25, 0.3) is 6.08 Å². The van der Waals surface area contributed by atoms with Crippen LogP contribution < -0.4 is 5.32 Å². The molecule has 1 aromatic heterocycles. The van der Waals surface area contributed by atoms with Crippen LogP contribution >= 0.6 is 0 Å². The third kappa shape index (κ3) is 6.46. The number of hydrogen-bond acceptors (Lipinski definition) is 3. The van der Waals surface area contributed by atoms with E-state index < -0.39 is 5.41 Å². The van der Waals surface area contributed by atoms with Gasteiger partial charge in [0.15, 0.2) is 0 Å². The van der Waals surface area contributed by atoms with E-state index in [1.54, 1.807) is 11.0 Å². The fourth-order valence-corrected chi connectivity index (χ4v) is 4.01. The number of amides is 2. The van der Waals surface area contributed by atoms with Gasteiger partial charge in [-0.3, -0.25) is 9.59 Å². The van der Waals surface area contributed by atoms with Crippen molar-refractivity contribution in [2.45, 2.75) is 67.9 Å². The van der Waals surface area contributed by atoms with E-state index in [1.165, 1.54) is 0 Å². The summed E-state index contributed by atoms with van der Waals surface area (Å²) in [6.07, 6.45) is 3.58. The van der Waals surface area contributed by atoms with Gasteiger partial charge in [-0.2, -0.15) is 5.26 Å². The fraction of sp³-hybridized carbons (Fsp3) is 0.640. The lowest BCUT2D eigenvalue weighted by Crippen LogP contribution is -2.45. The molecule has 0 radical (unpaired) electrons. The molecule has 1 saturated heterocycles. The molecule has 1 N–H and O–H groups in total. The van der Waals surface area contributed by atoms with Crippen molar-refractivity contribution in [3.8, 4) is 6.07 Å². The number of hydrogen-bond donors (Lipinski definition) is 1. The summed E-state index contributed by atoms with van der Waals surface area (Å²) in [5.41, 5.74) is 2.88. The van der Waals surface area contributed by atoms with E-state index in [-0.39, 0.29) is 23.3 Å². The molecule has 0 bridgehead atoms. The molecule has 1 unspecified atom stereocenters. The molecule has 1 fully saturated rings. The quantitative estimate of drug-likeness (QED) is 0.550. The van der Waals surface area contributed by atoms with Crippen molar-refractivity contribution in [3.05, 3.63) is 28.6 Å². The summed E-state index contributed by atoms with van der Waals surface area (Å²) < 4.78 is 2.24. The van der Waals surface area contributed by atoms with E-state index in [2.05, 4.69) is 36.7 Å². The second kappa shape index (κ2) is 10.2. The number of nitrogens with one attached hydrogen (secondary N) is 1. The van der Waals surface area contributed by atoms with Crippen molar-refractivity contribution >= 4 is 17.9 Å². The topological polar surface area (TPSA) is 78.1 Å². The molecule has 0 saturated carbocycles. The van der Waals surface area contributed by atoms with Crippen LogP contribution in [0.4, 0.5) is 0 Å². The monoisotopic (exact) mass is 426 g/mol.